The van der Waals surface area contributed by atoms with Gasteiger partial charge >= 0.3 is 0 Å². The average Bonchev–Trinajstić information content (AvgIpc) is 2.69. The molecule has 5 nitrogen and oxygen atoms in total. The first-order valence-corrected chi connectivity index (χ1v) is 7.77. The molecule has 0 bridgehead atoms. The fourth-order valence-electron chi connectivity index (χ4n) is 2.89. The third kappa shape index (κ3) is 3.71. The van der Waals surface area contributed by atoms with E-state index < -0.39 is 0 Å². The minimum atomic E-state index is -0.202. The second-order valence-electron chi connectivity index (χ2n) is 6.27. The van der Waals surface area contributed by atoms with E-state index in [0.717, 1.165) is 6.42 Å². The lowest BCUT2D eigenvalue weighted by atomic mass is 9.85. The Kier molecular flexibility index (Phi) is 5.15. The molecule has 5 heteroatoms. The molecule has 2 atom stereocenters. The molecule has 1 aliphatic carbocycles. The second kappa shape index (κ2) is 6.87. The smallest absolute Gasteiger partial charge is 0.233 e. The van der Waals surface area contributed by atoms with E-state index >= 15 is 0 Å². The quantitative estimate of drug-likeness (QED) is 0.596. The minimum absolute atomic E-state index is 0.0933. The summed E-state index contributed by atoms with van der Waals surface area (Å²) < 4.78 is 0. The molecule has 0 aromatic rings. The molecule has 116 valence electrons. The molecule has 2 unspecified atom stereocenters. The standard InChI is InChI=1S/C16H24N2O3/c1-11(2)7-9-17-14(19)8-10-18-15(20)12-5-3-4-6-13(12)16(18)21/h3-4,11-13H,5-10H2,1-2H3,(H,17,19). The zero-order chi connectivity index (χ0) is 15.4. The lowest BCUT2D eigenvalue weighted by Gasteiger charge is -2.14. The van der Waals surface area contributed by atoms with Gasteiger partial charge in [0.2, 0.25) is 17.7 Å². The highest BCUT2D eigenvalue weighted by molar-refractivity contribution is 6.05. The van der Waals surface area contributed by atoms with Crippen LogP contribution in [0.2, 0.25) is 0 Å². The summed E-state index contributed by atoms with van der Waals surface area (Å²) in [6, 6.07) is 0. The molecule has 1 saturated heterocycles. The number of hydrogen-bond acceptors (Lipinski definition) is 3. The number of nitrogens with zero attached hydrogens (tertiary/aromatic N) is 1. The predicted octanol–water partition coefficient (Wildman–Crippen LogP) is 1.49. The zero-order valence-corrected chi connectivity index (χ0v) is 12.8. The van der Waals surface area contributed by atoms with E-state index in [1.54, 1.807) is 0 Å². The number of imide groups is 1. The summed E-state index contributed by atoms with van der Waals surface area (Å²) in [6.45, 7) is 5.05. The van der Waals surface area contributed by atoms with Crippen LogP contribution in [-0.4, -0.2) is 35.7 Å². The van der Waals surface area contributed by atoms with Gasteiger partial charge in [-0.1, -0.05) is 26.0 Å². The van der Waals surface area contributed by atoms with E-state index in [9.17, 15) is 14.4 Å². The molecule has 0 saturated carbocycles. The maximum Gasteiger partial charge on any atom is 0.233 e. The van der Waals surface area contributed by atoms with Crippen LogP contribution >= 0.6 is 0 Å². The molecule has 21 heavy (non-hydrogen) atoms. The molecule has 2 rings (SSSR count). The first kappa shape index (κ1) is 15.7. The Morgan fingerprint density at radius 3 is 2.33 bits per heavy atom. The van der Waals surface area contributed by atoms with Gasteiger partial charge in [-0.3, -0.25) is 19.3 Å². The molecule has 0 radical (unpaired) electrons. The topological polar surface area (TPSA) is 66.5 Å². The van der Waals surface area contributed by atoms with E-state index in [0.29, 0.717) is 25.3 Å². The van der Waals surface area contributed by atoms with Gasteiger partial charge in [0.25, 0.3) is 0 Å². The Balaban J connectivity index is 1.79. The van der Waals surface area contributed by atoms with E-state index in [-0.39, 0.29) is 42.5 Å². The molecule has 0 aromatic heterocycles. The lowest BCUT2D eigenvalue weighted by Crippen LogP contribution is -2.35. The summed E-state index contributed by atoms with van der Waals surface area (Å²) in [5.74, 6) is -0.168. The second-order valence-corrected chi connectivity index (χ2v) is 6.27. The molecule has 0 aromatic carbocycles. The highest BCUT2D eigenvalue weighted by Crippen LogP contribution is 2.34. The molecule has 2 aliphatic rings. The van der Waals surface area contributed by atoms with E-state index in [1.165, 1.54) is 4.90 Å². The third-order valence-corrected chi connectivity index (χ3v) is 4.21. The number of nitrogens with one attached hydrogen (secondary N) is 1. The van der Waals surface area contributed by atoms with Crippen molar-refractivity contribution < 1.29 is 14.4 Å². The molecule has 1 fully saturated rings. The van der Waals surface area contributed by atoms with E-state index in [4.69, 9.17) is 0 Å². The highest BCUT2D eigenvalue weighted by Gasteiger charge is 2.46. The van der Waals surface area contributed by atoms with Gasteiger partial charge in [0.05, 0.1) is 11.8 Å². The molecule has 1 heterocycles. The molecule has 1 N–H and O–H groups in total. The number of rotatable bonds is 6. The van der Waals surface area contributed by atoms with Crippen LogP contribution in [0.3, 0.4) is 0 Å². The van der Waals surface area contributed by atoms with Crippen LogP contribution in [0.25, 0.3) is 0 Å². The molecule has 0 spiro atoms. The van der Waals surface area contributed by atoms with Crippen molar-refractivity contribution in [3.05, 3.63) is 12.2 Å². The summed E-state index contributed by atoms with van der Waals surface area (Å²) >= 11 is 0. The van der Waals surface area contributed by atoms with Crippen LogP contribution in [0, 0.1) is 17.8 Å². The third-order valence-electron chi connectivity index (χ3n) is 4.21. The van der Waals surface area contributed by atoms with Crippen molar-refractivity contribution in [2.45, 2.75) is 39.5 Å². The SMILES string of the molecule is CC(C)CCNC(=O)CCN1C(=O)C2CC=CCC2C1=O. The normalized spacial score (nSPS) is 24.6. The Morgan fingerprint density at radius 2 is 1.81 bits per heavy atom. The molecular formula is C16H24N2O3. The van der Waals surface area contributed by atoms with Crippen LogP contribution in [0.5, 0.6) is 0 Å². The summed E-state index contributed by atoms with van der Waals surface area (Å²) in [7, 11) is 0. The number of fused-ring (bicyclic) bond motifs is 1. The maximum atomic E-state index is 12.2. The fraction of sp³-hybridized carbons (Fsp3) is 0.688. The first-order valence-electron chi connectivity index (χ1n) is 7.77. The number of hydrogen-bond donors (Lipinski definition) is 1. The summed E-state index contributed by atoms with van der Waals surface area (Å²) in [5, 5.41) is 2.83. The van der Waals surface area contributed by atoms with Crippen LogP contribution in [-0.2, 0) is 14.4 Å². The van der Waals surface area contributed by atoms with Gasteiger partial charge in [-0.05, 0) is 25.2 Å². The van der Waals surface area contributed by atoms with Crippen molar-refractivity contribution in [3.63, 3.8) is 0 Å². The first-order chi connectivity index (χ1) is 10.0. The van der Waals surface area contributed by atoms with Crippen LogP contribution < -0.4 is 5.32 Å². The highest BCUT2D eigenvalue weighted by atomic mass is 16.2. The van der Waals surface area contributed by atoms with Gasteiger partial charge in [0.15, 0.2) is 0 Å². The maximum absolute atomic E-state index is 12.2. The molecular weight excluding hydrogens is 268 g/mol. The average molecular weight is 292 g/mol. The Hall–Kier alpha value is -1.65. The predicted molar refractivity (Wildman–Crippen MR) is 79.2 cm³/mol. The molecule has 1 aliphatic heterocycles. The van der Waals surface area contributed by atoms with Gasteiger partial charge in [-0.2, -0.15) is 0 Å². The minimum Gasteiger partial charge on any atom is -0.356 e. The number of likely N-dealkylation sites (tertiary alicyclic amines) is 1. The van der Waals surface area contributed by atoms with Gasteiger partial charge in [-0.25, -0.2) is 0 Å². The van der Waals surface area contributed by atoms with Gasteiger partial charge in [0, 0.05) is 19.5 Å². The number of carbonyl (C=O) groups is 3. The van der Waals surface area contributed by atoms with Crippen LogP contribution in [0.1, 0.15) is 39.5 Å². The van der Waals surface area contributed by atoms with Gasteiger partial charge < -0.3 is 5.32 Å². The monoisotopic (exact) mass is 292 g/mol. The van der Waals surface area contributed by atoms with Crippen molar-refractivity contribution in [1.29, 1.82) is 0 Å². The van der Waals surface area contributed by atoms with Crippen LogP contribution in [0.4, 0.5) is 0 Å². The molecule has 3 amide bonds. The van der Waals surface area contributed by atoms with Crippen molar-refractivity contribution in [1.82, 2.24) is 10.2 Å². The Labute approximate surface area is 125 Å². The van der Waals surface area contributed by atoms with E-state index in [2.05, 4.69) is 19.2 Å². The van der Waals surface area contributed by atoms with E-state index in [1.807, 2.05) is 12.2 Å². The Bertz CT molecular complexity index is 430. The largest absolute Gasteiger partial charge is 0.356 e. The lowest BCUT2D eigenvalue weighted by molar-refractivity contribution is -0.140. The van der Waals surface area contributed by atoms with Crippen molar-refractivity contribution in [2.75, 3.05) is 13.1 Å². The Morgan fingerprint density at radius 1 is 1.24 bits per heavy atom. The number of amides is 3. The number of carbonyl (C=O) groups excluding carboxylic acids is 3. The van der Waals surface area contributed by atoms with Gasteiger partial charge in [-0.15, -0.1) is 0 Å². The summed E-state index contributed by atoms with van der Waals surface area (Å²) in [4.78, 5) is 37.4. The summed E-state index contributed by atoms with van der Waals surface area (Å²) in [6.07, 6.45) is 6.35. The van der Waals surface area contributed by atoms with Crippen LogP contribution in [0.15, 0.2) is 12.2 Å². The summed E-state index contributed by atoms with van der Waals surface area (Å²) in [5.41, 5.74) is 0. The fourth-order valence-corrected chi connectivity index (χ4v) is 2.89. The number of allylic oxidation sites excluding steroid dienone is 2. The zero-order valence-electron chi connectivity index (χ0n) is 12.8. The van der Waals surface area contributed by atoms with Gasteiger partial charge in [0.1, 0.15) is 0 Å². The van der Waals surface area contributed by atoms with Crippen molar-refractivity contribution in [3.8, 4) is 0 Å². The van der Waals surface area contributed by atoms with Crippen molar-refractivity contribution >= 4 is 17.7 Å². The van der Waals surface area contributed by atoms with Crippen molar-refractivity contribution in [2.24, 2.45) is 17.8 Å².